The number of hydrogen-bond acceptors (Lipinski definition) is 3. The molecule has 5 heteroatoms. The highest BCUT2D eigenvalue weighted by atomic mass is 32.1. The van der Waals surface area contributed by atoms with Crippen LogP contribution in [-0.4, -0.2) is 39.9 Å². The van der Waals surface area contributed by atoms with E-state index in [0.29, 0.717) is 0 Å². The number of aliphatic imine (C=N–C) groups is 1. The van der Waals surface area contributed by atoms with Gasteiger partial charge >= 0.3 is 0 Å². The number of rotatable bonds is 2. The summed E-state index contributed by atoms with van der Waals surface area (Å²) in [5.74, 6) is 0. The van der Waals surface area contributed by atoms with Crippen molar-refractivity contribution < 1.29 is 10.2 Å². The van der Waals surface area contributed by atoms with E-state index in [1.165, 1.54) is 6.21 Å². The zero-order valence-electron chi connectivity index (χ0n) is 5.69. The fourth-order valence-corrected chi connectivity index (χ4v) is 0.579. The molecule has 0 atom stereocenters. The van der Waals surface area contributed by atoms with Crippen LogP contribution < -0.4 is 0 Å². The summed E-state index contributed by atoms with van der Waals surface area (Å²) in [6.45, 7) is 1.08. The first-order valence-corrected chi connectivity index (χ1v) is 3.16. The van der Waals surface area contributed by atoms with Gasteiger partial charge in [0, 0.05) is 6.21 Å². The average Bonchev–Trinajstić information content (AvgIpc) is 1.91. The first-order chi connectivity index (χ1) is 4.76. The molecule has 2 N–H and O–H groups in total. The van der Waals surface area contributed by atoms with Crippen molar-refractivity contribution in [2.24, 2.45) is 4.99 Å². The van der Waals surface area contributed by atoms with Crippen LogP contribution in [0.1, 0.15) is 6.92 Å². The molecule has 0 radical (unpaired) electrons. The van der Waals surface area contributed by atoms with E-state index in [2.05, 4.69) is 17.2 Å². The van der Waals surface area contributed by atoms with E-state index in [0.717, 1.165) is 4.90 Å². The third-order valence-electron chi connectivity index (χ3n) is 0.851. The van der Waals surface area contributed by atoms with Crippen LogP contribution in [0.3, 0.4) is 0 Å². The Bertz CT molecular complexity index is 134. The smallest absolute Gasteiger partial charge is 0.198 e. The third kappa shape index (κ3) is 2.86. The molecule has 0 unspecified atom stereocenters. The fourth-order valence-electron chi connectivity index (χ4n) is 0.358. The summed E-state index contributed by atoms with van der Waals surface area (Å²) in [4.78, 5) is 4.83. The molecule has 0 amide bonds. The lowest BCUT2D eigenvalue weighted by Gasteiger charge is -2.15. The molecular weight excluding hydrogens is 152 g/mol. The Hall–Kier alpha value is -0.520. The van der Waals surface area contributed by atoms with Gasteiger partial charge in [-0.2, -0.15) is 0 Å². The van der Waals surface area contributed by atoms with Crippen LogP contribution in [0.5, 0.6) is 0 Å². The summed E-state index contributed by atoms with van der Waals surface area (Å²) in [5.41, 5.74) is 0. The second-order valence-electron chi connectivity index (χ2n) is 1.49. The molecule has 0 saturated carbocycles. The van der Waals surface area contributed by atoms with Gasteiger partial charge in [0.2, 0.25) is 0 Å². The monoisotopic (exact) mass is 162 g/mol. The molecule has 0 fully saturated rings. The predicted octanol–water partition coefficient (Wildman–Crippen LogP) is -0.436. The highest BCUT2D eigenvalue weighted by Gasteiger charge is 2.02. The maximum absolute atomic E-state index is 8.53. The minimum absolute atomic E-state index is 0.188. The summed E-state index contributed by atoms with van der Waals surface area (Å²) in [5, 5.41) is 17.2. The van der Waals surface area contributed by atoms with Crippen molar-refractivity contribution in [1.82, 2.24) is 4.90 Å². The maximum Gasteiger partial charge on any atom is 0.198 e. The lowest BCUT2D eigenvalue weighted by atomic mass is 10.8. The molecular formula is C5H10N2O2S. The summed E-state index contributed by atoms with van der Waals surface area (Å²) in [7, 11) is 0. The van der Waals surface area contributed by atoms with Crippen molar-refractivity contribution in [3.05, 3.63) is 0 Å². The van der Waals surface area contributed by atoms with E-state index in [9.17, 15) is 0 Å². The van der Waals surface area contributed by atoms with Gasteiger partial charge < -0.3 is 15.1 Å². The second-order valence-corrected chi connectivity index (χ2v) is 1.86. The normalized spacial score (nSPS) is 10.3. The molecule has 0 aromatic heterocycles. The largest absolute Gasteiger partial charge is 0.376 e. The molecule has 0 aromatic carbocycles. The molecule has 0 aliphatic rings. The van der Waals surface area contributed by atoms with E-state index in [1.807, 2.05) is 0 Å². The number of nitrogens with zero attached hydrogens (tertiary/aromatic N) is 2. The van der Waals surface area contributed by atoms with Crippen LogP contribution in [-0.2, 0) is 0 Å². The van der Waals surface area contributed by atoms with Gasteiger partial charge in [-0.1, -0.05) is 0 Å². The highest BCUT2D eigenvalue weighted by Crippen LogP contribution is 1.89. The Labute approximate surface area is 64.8 Å². The van der Waals surface area contributed by atoms with Gasteiger partial charge in [-0.15, -0.1) is 0 Å². The maximum atomic E-state index is 8.53. The molecule has 0 spiro atoms. The summed E-state index contributed by atoms with van der Waals surface area (Å²) >= 11 is 4.68. The molecule has 0 saturated heterocycles. The Morgan fingerprint density at radius 1 is 1.60 bits per heavy atom. The van der Waals surface area contributed by atoms with Crippen LogP contribution in [0.2, 0.25) is 0 Å². The second kappa shape index (κ2) is 5.28. The number of hydrogen-bond donors (Lipinski definition) is 2. The number of aliphatic hydroxyl groups is 2. The summed E-state index contributed by atoms with van der Waals surface area (Å²) in [6, 6.07) is 0. The topological polar surface area (TPSA) is 56.1 Å². The summed E-state index contributed by atoms with van der Waals surface area (Å²) in [6.07, 6.45) is 1.50. The van der Waals surface area contributed by atoms with Gasteiger partial charge in [0.1, 0.15) is 13.5 Å². The first kappa shape index (κ1) is 9.48. The molecule has 58 valence electrons. The van der Waals surface area contributed by atoms with Crippen molar-refractivity contribution in [1.29, 1.82) is 0 Å². The van der Waals surface area contributed by atoms with Crippen LogP contribution in [0.25, 0.3) is 0 Å². The van der Waals surface area contributed by atoms with Crippen molar-refractivity contribution in [2.75, 3.05) is 13.5 Å². The lowest BCUT2D eigenvalue weighted by Crippen LogP contribution is -2.29. The molecule has 10 heavy (non-hydrogen) atoms. The van der Waals surface area contributed by atoms with Crippen LogP contribution in [0, 0.1) is 0 Å². The van der Waals surface area contributed by atoms with Crippen molar-refractivity contribution in [2.45, 2.75) is 6.92 Å². The minimum atomic E-state index is -0.313. The Balaban J connectivity index is 3.89. The van der Waals surface area contributed by atoms with Crippen molar-refractivity contribution >= 4 is 23.5 Å². The molecule has 4 nitrogen and oxygen atoms in total. The van der Waals surface area contributed by atoms with Gasteiger partial charge in [0.25, 0.3) is 0 Å². The fraction of sp³-hybridized carbons (Fsp3) is 0.600. The van der Waals surface area contributed by atoms with Gasteiger partial charge in [0.15, 0.2) is 5.11 Å². The highest BCUT2D eigenvalue weighted by molar-refractivity contribution is 7.80. The summed E-state index contributed by atoms with van der Waals surface area (Å²) < 4.78 is 0. The first-order valence-electron chi connectivity index (χ1n) is 2.75. The van der Waals surface area contributed by atoms with E-state index in [4.69, 9.17) is 10.2 Å². The van der Waals surface area contributed by atoms with Gasteiger partial charge in [0.05, 0.1) is 0 Å². The Morgan fingerprint density at radius 3 is 2.40 bits per heavy atom. The quantitative estimate of drug-likeness (QED) is 0.328. The third-order valence-corrected chi connectivity index (χ3v) is 1.22. The van der Waals surface area contributed by atoms with Crippen molar-refractivity contribution in [3.63, 3.8) is 0 Å². The standard InChI is InChI=1S/C5H10N2O2S/c1-2-6-5(10)7(3-8)4-9/h2,8-9H,3-4H2,1H3. The van der Waals surface area contributed by atoms with E-state index >= 15 is 0 Å². The van der Waals surface area contributed by atoms with Crippen LogP contribution in [0.15, 0.2) is 4.99 Å². The minimum Gasteiger partial charge on any atom is -0.376 e. The molecule has 0 aliphatic heterocycles. The molecule has 0 aromatic rings. The average molecular weight is 162 g/mol. The molecule has 0 rings (SSSR count). The van der Waals surface area contributed by atoms with Gasteiger partial charge in [-0.25, -0.2) is 4.99 Å². The SMILES string of the molecule is CC=NC(=S)N(CO)CO. The Morgan fingerprint density at radius 2 is 2.10 bits per heavy atom. The zero-order valence-corrected chi connectivity index (χ0v) is 6.51. The van der Waals surface area contributed by atoms with E-state index in [1.54, 1.807) is 6.92 Å². The van der Waals surface area contributed by atoms with E-state index in [-0.39, 0.29) is 18.6 Å². The van der Waals surface area contributed by atoms with Crippen LogP contribution in [0.4, 0.5) is 0 Å². The Kier molecular flexibility index (Phi) is 5.00. The molecule has 0 bridgehead atoms. The number of aliphatic hydroxyl groups excluding tert-OH is 2. The van der Waals surface area contributed by atoms with Crippen molar-refractivity contribution in [3.8, 4) is 0 Å². The van der Waals surface area contributed by atoms with Crippen LogP contribution >= 0.6 is 12.2 Å². The van der Waals surface area contributed by atoms with E-state index < -0.39 is 0 Å². The molecule has 0 aliphatic carbocycles. The number of thiocarbonyl (C=S) groups is 1. The predicted molar refractivity (Wildman–Crippen MR) is 42.8 cm³/mol. The lowest BCUT2D eigenvalue weighted by molar-refractivity contribution is 0.0873. The molecule has 0 heterocycles. The van der Waals surface area contributed by atoms with Gasteiger partial charge in [-0.05, 0) is 19.1 Å². The zero-order chi connectivity index (χ0) is 7.98. The van der Waals surface area contributed by atoms with Gasteiger partial charge in [-0.3, -0.25) is 0 Å².